The van der Waals surface area contributed by atoms with Crippen molar-refractivity contribution in [3.05, 3.63) is 35.3 Å². The maximum atomic E-state index is 12.9. The second-order valence-corrected chi connectivity index (χ2v) is 9.43. The molecule has 7 nitrogen and oxygen atoms in total. The van der Waals surface area contributed by atoms with Crippen LogP contribution in [0.15, 0.2) is 30.5 Å². The molecule has 0 atom stereocenters. The Bertz CT molecular complexity index is 1100. The van der Waals surface area contributed by atoms with Gasteiger partial charge >= 0.3 is 6.18 Å². The number of alkyl halides is 3. The van der Waals surface area contributed by atoms with Gasteiger partial charge in [0, 0.05) is 0 Å². The fourth-order valence-electron chi connectivity index (χ4n) is 3.06. The summed E-state index contributed by atoms with van der Waals surface area (Å²) in [5.41, 5.74) is 0.764. The number of fused-ring (bicyclic) bond motifs is 1. The van der Waals surface area contributed by atoms with E-state index >= 15 is 0 Å². The first-order chi connectivity index (χ1) is 13.2. The normalized spacial score (nSPS) is 16.5. The first-order valence-electron chi connectivity index (χ1n) is 8.48. The first-order valence-corrected chi connectivity index (χ1v) is 10.8. The van der Waals surface area contributed by atoms with Gasteiger partial charge in [0.2, 0.25) is 10.0 Å². The molecule has 0 unspecified atom stereocenters. The Morgan fingerprint density at radius 1 is 1.18 bits per heavy atom. The number of hydrogen-bond acceptors (Lipinski definition) is 6. The molecule has 12 heteroatoms. The summed E-state index contributed by atoms with van der Waals surface area (Å²) in [5, 5.41) is 6.83. The van der Waals surface area contributed by atoms with E-state index in [9.17, 15) is 21.6 Å². The molecular formula is C16H16F3N5O2S2. The maximum absolute atomic E-state index is 12.9. The van der Waals surface area contributed by atoms with Crippen molar-refractivity contribution in [2.75, 3.05) is 17.8 Å². The minimum Gasteiger partial charge on any atom is -0.317 e. The van der Waals surface area contributed by atoms with Crippen molar-refractivity contribution in [2.24, 2.45) is 0 Å². The van der Waals surface area contributed by atoms with Gasteiger partial charge < -0.3 is 5.32 Å². The van der Waals surface area contributed by atoms with Gasteiger partial charge in [-0.3, -0.25) is 4.72 Å². The molecular weight excluding hydrogens is 415 g/mol. The smallest absolute Gasteiger partial charge is 0.317 e. The highest BCUT2D eigenvalue weighted by molar-refractivity contribution is 7.93. The molecule has 1 saturated heterocycles. The van der Waals surface area contributed by atoms with Crippen molar-refractivity contribution in [2.45, 2.75) is 24.3 Å². The van der Waals surface area contributed by atoms with Crippen LogP contribution >= 0.6 is 11.3 Å². The van der Waals surface area contributed by atoms with Gasteiger partial charge in [-0.05, 0) is 50.2 Å². The Balaban J connectivity index is 1.66. The standard InChI is InChI=1S/C16H16F3N5O2S2/c17-16(18,19)13-2-1-12(27-13)11-9-21-15-4-3-14(22-24(11)15)23-28(25,26)10-5-7-20-8-6-10/h1-4,9-10,20H,5-8H2,(H,22,23). The third kappa shape index (κ3) is 3.71. The third-order valence-corrected chi connectivity index (χ3v) is 7.47. The number of thiophene rings is 1. The van der Waals surface area contributed by atoms with E-state index in [-0.39, 0.29) is 5.82 Å². The predicted molar refractivity (Wildman–Crippen MR) is 99.7 cm³/mol. The number of nitrogens with one attached hydrogen (secondary N) is 2. The second kappa shape index (κ2) is 7.01. The van der Waals surface area contributed by atoms with Crippen LogP contribution < -0.4 is 10.0 Å². The molecule has 0 aromatic carbocycles. The summed E-state index contributed by atoms with van der Waals surface area (Å²) in [6, 6.07) is 5.41. The number of anilines is 1. The van der Waals surface area contributed by atoms with Gasteiger partial charge in [0.05, 0.1) is 16.3 Å². The van der Waals surface area contributed by atoms with Crippen molar-refractivity contribution < 1.29 is 21.6 Å². The molecule has 0 spiro atoms. The molecule has 0 bridgehead atoms. The van der Waals surface area contributed by atoms with Crippen LogP contribution in [-0.2, 0) is 16.2 Å². The molecule has 1 fully saturated rings. The molecule has 150 valence electrons. The van der Waals surface area contributed by atoms with Gasteiger partial charge in [0.25, 0.3) is 0 Å². The summed E-state index contributed by atoms with van der Waals surface area (Å²) in [6.07, 6.45) is -2.00. The van der Waals surface area contributed by atoms with Crippen LogP contribution in [0, 0.1) is 0 Å². The van der Waals surface area contributed by atoms with Crippen LogP contribution in [0.1, 0.15) is 17.7 Å². The molecule has 3 aromatic heterocycles. The third-order valence-electron chi connectivity index (χ3n) is 4.47. The summed E-state index contributed by atoms with van der Waals surface area (Å²) < 4.78 is 67.6. The van der Waals surface area contributed by atoms with Crippen molar-refractivity contribution in [1.29, 1.82) is 0 Å². The Kier molecular flexibility index (Phi) is 4.79. The Labute approximate surface area is 162 Å². The molecule has 1 aliphatic rings. The summed E-state index contributed by atoms with van der Waals surface area (Å²) >= 11 is 0.583. The summed E-state index contributed by atoms with van der Waals surface area (Å²) in [6.45, 7) is 1.26. The molecule has 0 amide bonds. The lowest BCUT2D eigenvalue weighted by Crippen LogP contribution is -2.38. The molecule has 0 saturated carbocycles. The number of sulfonamides is 1. The van der Waals surface area contributed by atoms with Gasteiger partial charge in [-0.2, -0.15) is 13.2 Å². The monoisotopic (exact) mass is 431 g/mol. The lowest BCUT2D eigenvalue weighted by Gasteiger charge is -2.22. The number of rotatable bonds is 4. The SMILES string of the molecule is O=S(=O)(Nc1ccc2ncc(-c3ccc(C(F)(F)F)s3)n2n1)C1CCNCC1. The first kappa shape index (κ1) is 19.2. The van der Waals surface area contributed by atoms with Gasteiger partial charge in [-0.15, -0.1) is 16.4 Å². The maximum Gasteiger partial charge on any atom is 0.425 e. The molecule has 4 heterocycles. The predicted octanol–water partition coefficient (Wildman–Crippen LogP) is 2.97. The highest BCUT2D eigenvalue weighted by atomic mass is 32.2. The van der Waals surface area contributed by atoms with Gasteiger partial charge in [-0.25, -0.2) is 17.9 Å². The lowest BCUT2D eigenvalue weighted by molar-refractivity contribution is -0.134. The van der Waals surface area contributed by atoms with E-state index in [0.717, 1.165) is 6.07 Å². The van der Waals surface area contributed by atoms with E-state index in [1.807, 2.05) is 0 Å². The number of hydrogen-bond donors (Lipinski definition) is 2. The van der Waals surface area contributed by atoms with Crippen LogP contribution in [0.25, 0.3) is 16.2 Å². The van der Waals surface area contributed by atoms with E-state index in [2.05, 4.69) is 20.1 Å². The molecule has 0 aliphatic carbocycles. The van der Waals surface area contributed by atoms with Crippen LogP contribution in [0.2, 0.25) is 0 Å². The Morgan fingerprint density at radius 3 is 2.61 bits per heavy atom. The minimum atomic E-state index is -4.42. The topological polar surface area (TPSA) is 88.4 Å². The van der Waals surface area contributed by atoms with Gasteiger partial charge in [-0.1, -0.05) is 0 Å². The van der Waals surface area contributed by atoms with Gasteiger partial charge in [0.1, 0.15) is 10.6 Å². The average Bonchev–Trinajstić information content (AvgIpc) is 3.28. The quantitative estimate of drug-likeness (QED) is 0.663. The number of halogens is 3. The molecule has 4 rings (SSSR count). The van der Waals surface area contributed by atoms with Crippen molar-refractivity contribution >= 4 is 32.8 Å². The lowest BCUT2D eigenvalue weighted by atomic mass is 10.2. The van der Waals surface area contributed by atoms with Crippen molar-refractivity contribution in [3.63, 3.8) is 0 Å². The zero-order valence-corrected chi connectivity index (χ0v) is 16.0. The van der Waals surface area contributed by atoms with Crippen LogP contribution in [-0.4, -0.2) is 41.4 Å². The molecule has 0 radical (unpaired) electrons. The number of imidazole rings is 1. The molecule has 3 aromatic rings. The zero-order chi connectivity index (χ0) is 19.9. The van der Waals surface area contributed by atoms with Crippen LogP contribution in [0.4, 0.5) is 19.0 Å². The summed E-state index contributed by atoms with van der Waals surface area (Å²) in [5.74, 6) is 0.0953. The fourth-order valence-corrected chi connectivity index (χ4v) is 5.35. The Morgan fingerprint density at radius 2 is 1.93 bits per heavy atom. The minimum absolute atomic E-state index is 0.0953. The number of piperidine rings is 1. The average molecular weight is 431 g/mol. The van der Waals surface area contributed by atoms with E-state index in [4.69, 9.17) is 0 Å². The second-order valence-electron chi connectivity index (χ2n) is 6.39. The summed E-state index contributed by atoms with van der Waals surface area (Å²) in [7, 11) is -3.61. The van der Waals surface area contributed by atoms with E-state index in [1.165, 1.54) is 22.8 Å². The van der Waals surface area contributed by atoms with E-state index in [1.54, 1.807) is 6.07 Å². The Hall–Kier alpha value is -2.18. The van der Waals surface area contributed by atoms with Crippen molar-refractivity contribution in [1.82, 2.24) is 19.9 Å². The van der Waals surface area contributed by atoms with Crippen LogP contribution in [0.5, 0.6) is 0 Å². The highest BCUT2D eigenvalue weighted by Crippen LogP contribution is 2.38. The molecule has 2 N–H and O–H groups in total. The van der Waals surface area contributed by atoms with E-state index in [0.29, 0.717) is 53.5 Å². The largest absolute Gasteiger partial charge is 0.425 e. The number of aromatic nitrogens is 3. The van der Waals surface area contributed by atoms with Gasteiger partial charge in [0.15, 0.2) is 11.5 Å². The van der Waals surface area contributed by atoms with Crippen LogP contribution in [0.3, 0.4) is 0 Å². The molecule has 1 aliphatic heterocycles. The fraction of sp³-hybridized carbons (Fsp3) is 0.375. The number of nitrogens with zero attached hydrogens (tertiary/aromatic N) is 3. The zero-order valence-electron chi connectivity index (χ0n) is 14.4. The molecule has 28 heavy (non-hydrogen) atoms. The summed E-state index contributed by atoms with van der Waals surface area (Å²) in [4.78, 5) is 3.75. The highest BCUT2D eigenvalue weighted by Gasteiger charge is 2.33. The van der Waals surface area contributed by atoms with Crippen molar-refractivity contribution in [3.8, 4) is 10.6 Å². The van der Waals surface area contributed by atoms with E-state index < -0.39 is 26.3 Å².